The van der Waals surface area contributed by atoms with Crippen molar-refractivity contribution in [2.24, 2.45) is 0 Å². The standard InChI is InChI=1S/C15H21N3O/c1-4-18-10-9-16-15(18)11-17-12(2)13-7-5-6-8-14(13)19-3/h5-10,12,17H,4,11H2,1-3H3. The van der Waals surface area contributed by atoms with Crippen LogP contribution in [0, 0.1) is 0 Å². The molecule has 0 aliphatic rings. The number of nitrogens with zero attached hydrogens (tertiary/aromatic N) is 2. The molecule has 0 aliphatic heterocycles. The highest BCUT2D eigenvalue weighted by Gasteiger charge is 2.11. The van der Waals surface area contributed by atoms with Gasteiger partial charge in [-0.2, -0.15) is 0 Å². The molecule has 102 valence electrons. The van der Waals surface area contributed by atoms with Gasteiger partial charge >= 0.3 is 0 Å². The van der Waals surface area contributed by atoms with Gasteiger partial charge in [-0.15, -0.1) is 0 Å². The molecule has 2 aromatic rings. The fourth-order valence-electron chi connectivity index (χ4n) is 2.17. The molecule has 0 aliphatic carbocycles. The Hall–Kier alpha value is -1.81. The van der Waals surface area contributed by atoms with Gasteiger partial charge in [-0.1, -0.05) is 18.2 Å². The first kappa shape index (κ1) is 13.6. The number of hydrogen-bond acceptors (Lipinski definition) is 3. The number of aryl methyl sites for hydroxylation is 1. The average Bonchev–Trinajstić information content (AvgIpc) is 2.92. The summed E-state index contributed by atoms with van der Waals surface area (Å²) < 4.78 is 7.53. The van der Waals surface area contributed by atoms with Crippen LogP contribution < -0.4 is 10.1 Å². The molecule has 0 saturated heterocycles. The smallest absolute Gasteiger partial charge is 0.123 e. The summed E-state index contributed by atoms with van der Waals surface area (Å²) in [5, 5.41) is 3.49. The van der Waals surface area contributed by atoms with Crippen molar-refractivity contribution in [2.75, 3.05) is 7.11 Å². The largest absolute Gasteiger partial charge is 0.496 e. The van der Waals surface area contributed by atoms with Crippen LogP contribution in [0.4, 0.5) is 0 Å². The molecule has 1 heterocycles. The van der Waals surface area contributed by atoms with E-state index in [0.29, 0.717) is 0 Å². The minimum atomic E-state index is 0.221. The van der Waals surface area contributed by atoms with Crippen LogP contribution in [-0.4, -0.2) is 16.7 Å². The third-order valence-corrected chi connectivity index (χ3v) is 3.31. The summed E-state index contributed by atoms with van der Waals surface area (Å²) in [4.78, 5) is 4.36. The Labute approximate surface area is 114 Å². The minimum absolute atomic E-state index is 0.221. The van der Waals surface area contributed by atoms with Crippen molar-refractivity contribution in [3.8, 4) is 5.75 Å². The molecule has 0 amide bonds. The first-order valence-electron chi connectivity index (χ1n) is 6.62. The van der Waals surface area contributed by atoms with Crippen LogP contribution in [0.2, 0.25) is 0 Å². The Morgan fingerprint density at radius 2 is 2.16 bits per heavy atom. The molecule has 19 heavy (non-hydrogen) atoms. The van der Waals surface area contributed by atoms with Crippen molar-refractivity contribution in [3.05, 3.63) is 48.0 Å². The molecule has 0 spiro atoms. The van der Waals surface area contributed by atoms with Crippen molar-refractivity contribution >= 4 is 0 Å². The number of para-hydroxylation sites is 1. The highest BCUT2D eigenvalue weighted by molar-refractivity contribution is 5.35. The zero-order valence-electron chi connectivity index (χ0n) is 11.8. The van der Waals surface area contributed by atoms with Crippen molar-refractivity contribution in [2.45, 2.75) is 33.0 Å². The normalized spacial score (nSPS) is 12.4. The summed E-state index contributed by atoms with van der Waals surface area (Å²) in [7, 11) is 1.70. The van der Waals surface area contributed by atoms with Gasteiger partial charge < -0.3 is 14.6 Å². The second-order valence-electron chi connectivity index (χ2n) is 4.47. The molecule has 4 nitrogen and oxygen atoms in total. The lowest BCUT2D eigenvalue weighted by Crippen LogP contribution is -2.21. The topological polar surface area (TPSA) is 39.1 Å². The maximum absolute atomic E-state index is 5.39. The zero-order chi connectivity index (χ0) is 13.7. The van der Waals surface area contributed by atoms with Gasteiger partial charge in [0.1, 0.15) is 11.6 Å². The van der Waals surface area contributed by atoms with Crippen LogP contribution in [0.1, 0.15) is 31.3 Å². The second-order valence-corrected chi connectivity index (χ2v) is 4.47. The van der Waals surface area contributed by atoms with Gasteiger partial charge in [0.25, 0.3) is 0 Å². The summed E-state index contributed by atoms with van der Waals surface area (Å²) in [5.41, 5.74) is 1.17. The Morgan fingerprint density at radius 1 is 1.37 bits per heavy atom. The van der Waals surface area contributed by atoms with Crippen LogP contribution in [0.5, 0.6) is 5.75 Å². The van der Waals surface area contributed by atoms with Crippen LogP contribution in [0.15, 0.2) is 36.7 Å². The SMILES string of the molecule is CCn1ccnc1CNC(C)c1ccccc1OC. The Kier molecular flexibility index (Phi) is 4.58. The van der Waals surface area contributed by atoms with E-state index >= 15 is 0 Å². The molecule has 0 radical (unpaired) electrons. The number of rotatable bonds is 6. The van der Waals surface area contributed by atoms with E-state index in [0.717, 1.165) is 24.7 Å². The van der Waals surface area contributed by atoms with Gasteiger partial charge in [-0.25, -0.2) is 4.98 Å². The van der Waals surface area contributed by atoms with Crippen LogP contribution in [0.25, 0.3) is 0 Å². The van der Waals surface area contributed by atoms with E-state index in [1.807, 2.05) is 30.6 Å². The average molecular weight is 259 g/mol. The summed E-state index contributed by atoms with van der Waals surface area (Å²) >= 11 is 0. The highest BCUT2D eigenvalue weighted by atomic mass is 16.5. The zero-order valence-corrected chi connectivity index (χ0v) is 11.8. The van der Waals surface area contributed by atoms with Crippen molar-refractivity contribution in [3.63, 3.8) is 0 Å². The summed E-state index contributed by atoms with van der Waals surface area (Å²) in [6.45, 7) is 5.95. The number of nitrogens with one attached hydrogen (secondary N) is 1. The molecule has 0 bridgehead atoms. The van der Waals surface area contributed by atoms with E-state index in [2.05, 4.69) is 34.8 Å². The maximum atomic E-state index is 5.39. The third kappa shape index (κ3) is 3.15. The van der Waals surface area contributed by atoms with Gasteiger partial charge in [0.05, 0.1) is 13.7 Å². The predicted octanol–water partition coefficient (Wildman–Crippen LogP) is 2.76. The predicted molar refractivity (Wildman–Crippen MR) is 76.1 cm³/mol. The Balaban J connectivity index is 2.03. The van der Waals surface area contributed by atoms with Crippen molar-refractivity contribution in [1.29, 1.82) is 0 Å². The van der Waals surface area contributed by atoms with E-state index in [9.17, 15) is 0 Å². The van der Waals surface area contributed by atoms with E-state index in [1.165, 1.54) is 5.56 Å². The Morgan fingerprint density at radius 3 is 2.89 bits per heavy atom. The van der Waals surface area contributed by atoms with Crippen molar-refractivity contribution < 1.29 is 4.74 Å². The number of imidazole rings is 1. The highest BCUT2D eigenvalue weighted by Crippen LogP contribution is 2.24. The maximum Gasteiger partial charge on any atom is 0.123 e. The van der Waals surface area contributed by atoms with Crippen LogP contribution in [-0.2, 0) is 13.1 Å². The molecule has 1 aromatic heterocycles. The van der Waals surface area contributed by atoms with Gasteiger partial charge in [0, 0.05) is 30.5 Å². The Bertz CT molecular complexity index is 522. The minimum Gasteiger partial charge on any atom is -0.496 e. The van der Waals surface area contributed by atoms with E-state index in [4.69, 9.17) is 4.74 Å². The number of methoxy groups -OCH3 is 1. The van der Waals surface area contributed by atoms with Crippen LogP contribution in [0.3, 0.4) is 0 Å². The third-order valence-electron chi connectivity index (χ3n) is 3.31. The van der Waals surface area contributed by atoms with E-state index < -0.39 is 0 Å². The van der Waals surface area contributed by atoms with E-state index in [1.54, 1.807) is 7.11 Å². The summed E-state index contributed by atoms with van der Waals surface area (Å²) in [6, 6.07) is 8.31. The molecular formula is C15H21N3O. The van der Waals surface area contributed by atoms with Gasteiger partial charge in [0.15, 0.2) is 0 Å². The molecule has 2 rings (SSSR count). The number of aromatic nitrogens is 2. The molecule has 1 atom stereocenters. The molecule has 0 saturated carbocycles. The monoisotopic (exact) mass is 259 g/mol. The molecule has 4 heteroatoms. The molecular weight excluding hydrogens is 238 g/mol. The number of hydrogen-bond donors (Lipinski definition) is 1. The lowest BCUT2D eigenvalue weighted by molar-refractivity contribution is 0.400. The van der Waals surface area contributed by atoms with Gasteiger partial charge in [-0.3, -0.25) is 0 Å². The van der Waals surface area contributed by atoms with Crippen molar-refractivity contribution in [1.82, 2.24) is 14.9 Å². The lowest BCUT2D eigenvalue weighted by atomic mass is 10.1. The fourth-order valence-corrected chi connectivity index (χ4v) is 2.17. The van der Waals surface area contributed by atoms with Gasteiger partial charge in [-0.05, 0) is 19.9 Å². The van der Waals surface area contributed by atoms with Gasteiger partial charge in [0.2, 0.25) is 0 Å². The summed E-state index contributed by atoms with van der Waals surface area (Å²) in [5.74, 6) is 1.98. The summed E-state index contributed by atoms with van der Waals surface area (Å²) in [6.07, 6.45) is 3.85. The number of ether oxygens (including phenoxy) is 1. The molecule has 0 fully saturated rings. The van der Waals surface area contributed by atoms with E-state index in [-0.39, 0.29) is 6.04 Å². The molecule has 1 unspecified atom stereocenters. The lowest BCUT2D eigenvalue weighted by Gasteiger charge is -2.17. The number of benzene rings is 1. The first-order valence-corrected chi connectivity index (χ1v) is 6.62. The quantitative estimate of drug-likeness (QED) is 0.867. The second kappa shape index (κ2) is 6.38. The molecule has 1 aromatic carbocycles. The van der Waals surface area contributed by atoms with Crippen LogP contribution >= 0.6 is 0 Å². The molecule has 1 N–H and O–H groups in total. The fraction of sp³-hybridized carbons (Fsp3) is 0.400. The first-order chi connectivity index (χ1) is 9.26.